The molecule has 12 rings (SSSR count). The summed E-state index contributed by atoms with van der Waals surface area (Å²) in [6, 6.07) is 67.1. The van der Waals surface area contributed by atoms with Gasteiger partial charge in [0.25, 0.3) is 0 Å². The highest BCUT2D eigenvalue weighted by Crippen LogP contribution is 2.51. The van der Waals surface area contributed by atoms with Gasteiger partial charge in [-0.15, -0.1) is 0 Å². The molecule has 3 aromatic heterocycles. The summed E-state index contributed by atoms with van der Waals surface area (Å²) < 4.78 is 16.1. The first-order valence-electron chi connectivity index (χ1n) is 23.5. The second-order valence-corrected chi connectivity index (χ2v) is 20.1. The third kappa shape index (κ3) is 6.98. The van der Waals surface area contributed by atoms with Crippen molar-refractivity contribution in [2.45, 2.75) is 52.4 Å². The van der Waals surface area contributed by atoms with Crippen LogP contribution in [0.2, 0.25) is 0 Å². The minimum Gasteiger partial charge on any atom is -0.457 e. The van der Waals surface area contributed by atoms with Gasteiger partial charge in [0, 0.05) is 40.5 Å². The van der Waals surface area contributed by atoms with Crippen molar-refractivity contribution in [2.24, 2.45) is 0 Å². The van der Waals surface area contributed by atoms with E-state index in [4.69, 9.17) is 14.1 Å². The molecule has 1 aliphatic rings. The Kier molecular flexibility index (Phi) is 9.59. The fourth-order valence-corrected chi connectivity index (χ4v) is 10.1. The topological polar surface area (TPSA) is 46.7 Å². The summed E-state index contributed by atoms with van der Waals surface area (Å²) in [4.78, 5) is 9.95. The van der Waals surface area contributed by atoms with E-state index < -0.39 is 0 Å². The number of rotatable bonds is 7. The summed E-state index contributed by atoms with van der Waals surface area (Å²) in [5, 5.41) is 4.38. The Labute approximate surface area is 397 Å². The van der Waals surface area contributed by atoms with Gasteiger partial charge in [0.05, 0.1) is 28.0 Å². The molecule has 0 saturated heterocycles. The molecule has 0 spiro atoms. The van der Waals surface area contributed by atoms with E-state index in [1.165, 1.54) is 39.1 Å². The van der Waals surface area contributed by atoms with Crippen molar-refractivity contribution < 1.29 is 9.15 Å². The number of anilines is 4. The van der Waals surface area contributed by atoms with Crippen molar-refractivity contribution >= 4 is 66.5 Å². The highest BCUT2D eigenvalue weighted by molar-refractivity contribution is 6.24. The molecule has 0 fully saturated rings. The van der Waals surface area contributed by atoms with Crippen LogP contribution in [0.1, 0.15) is 52.7 Å². The van der Waals surface area contributed by atoms with Crippen molar-refractivity contribution in [3.8, 4) is 39.6 Å². The minimum absolute atomic E-state index is 0.0721. The van der Waals surface area contributed by atoms with E-state index >= 15 is 0 Å². The quantitative estimate of drug-likeness (QED) is 0.160. The zero-order chi connectivity index (χ0) is 46.3. The van der Waals surface area contributed by atoms with Crippen LogP contribution in [-0.2, 0) is 10.8 Å². The lowest BCUT2D eigenvalue weighted by Gasteiger charge is -2.28. The SMILES string of the molecule is CC(C)(C)c1cc(Oc2ccc3c4oc5ccc6ccccc6c5c4n(-c4cc(C(C)(C)C)ccn4)c3c2)cc(N2CN(c3c(-c4ccccc4)cccc3-c3ccccc3)c3ccccc32)c1. The van der Waals surface area contributed by atoms with Gasteiger partial charge < -0.3 is 19.0 Å². The van der Waals surface area contributed by atoms with Crippen molar-refractivity contribution in [1.82, 2.24) is 9.55 Å². The second kappa shape index (κ2) is 15.8. The van der Waals surface area contributed by atoms with Gasteiger partial charge in [0.2, 0.25) is 0 Å². The van der Waals surface area contributed by atoms with Crippen LogP contribution >= 0.6 is 0 Å². The van der Waals surface area contributed by atoms with E-state index in [9.17, 15) is 0 Å². The fraction of sp³-hybridized carbons (Fsp3) is 0.145. The largest absolute Gasteiger partial charge is 0.457 e. The van der Waals surface area contributed by atoms with E-state index in [0.717, 1.165) is 78.1 Å². The van der Waals surface area contributed by atoms with Gasteiger partial charge in [-0.25, -0.2) is 4.98 Å². The zero-order valence-corrected chi connectivity index (χ0v) is 39.3. The summed E-state index contributed by atoms with van der Waals surface area (Å²) in [5.41, 5.74) is 15.0. The molecular formula is C62H52N4O2. The maximum Gasteiger partial charge on any atom is 0.161 e. The molecule has 6 nitrogen and oxygen atoms in total. The Hall–Kier alpha value is -8.09. The number of furan rings is 1. The zero-order valence-electron chi connectivity index (χ0n) is 39.3. The number of hydrogen-bond donors (Lipinski definition) is 0. The molecule has 0 amide bonds. The molecule has 0 atom stereocenters. The average Bonchev–Trinajstić information content (AvgIpc) is 4.03. The molecule has 0 radical (unpaired) electrons. The lowest BCUT2D eigenvalue weighted by atomic mass is 9.86. The number of para-hydroxylation sites is 3. The van der Waals surface area contributed by atoms with Gasteiger partial charge in [-0.2, -0.15) is 0 Å². The third-order valence-electron chi connectivity index (χ3n) is 13.6. The molecule has 8 aromatic carbocycles. The number of aromatic nitrogens is 2. The lowest BCUT2D eigenvalue weighted by Crippen LogP contribution is -2.25. The maximum absolute atomic E-state index is 7.07. The number of hydrogen-bond acceptors (Lipinski definition) is 5. The van der Waals surface area contributed by atoms with Crippen LogP contribution < -0.4 is 14.5 Å². The predicted octanol–water partition coefficient (Wildman–Crippen LogP) is 17.0. The Bertz CT molecular complexity index is 3660. The first kappa shape index (κ1) is 41.3. The standard InChI is InChI=1S/C62H52N4O2/c1-61(2,3)43-32-33-63-56(36-43)66-54-38-46(29-30-51(54)60-59(66)57-48-23-14-13-22-42(48)28-31-55(57)68-60)67-47-35-44(62(4,5)6)34-45(37-47)64-39-65(53-27-16-15-26-52(53)64)58-49(40-18-9-7-10-19-40)24-17-25-50(58)41-20-11-8-12-21-41/h7-38H,39H2,1-6H3. The van der Waals surface area contributed by atoms with Crippen LogP contribution in [0.25, 0.3) is 71.8 Å². The van der Waals surface area contributed by atoms with E-state index in [1.807, 2.05) is 6.20 Å². The van der Waals surface area contributed by atoms with E-state index in [1.54, 1.807) is 0 Å². The monoisotopic (exact) mass is 884 g/mol. The van der Waals surface area contributed by atoms with Crippen LogP contribution in [-0.4, -0.2) is 16.2 Å². The molecule has 332 valence electrons. The van der Waals surface area contributed by atoms with Crippen molar-refractivity contribution in [3.63, 3.8) is 0 Å². The first-order valence-corrected chi connectivity index (χ1v) is 23.5. The molecule has 68 heavy (non-hydrogen) atoms. The van der Waals surface area contributed by atoms with Crippen molar-refractivity contribution in [3.05, 3.63) is 205 Å². The molecule has 0 bridgehead atoms. The highest BCUT2D eigenvalue weighted by atomic mass is 16.5. The van der Waals surface area contributed by atoms with Crippen LogP contribution in [0.5, 0.6) is 11.5 Å². The number of benzene rings is 8. The maximum atomic E-state index is 7.07. The third-order valence-corrected chi connectivity index (χ3v) is 13.6. The van der Waals surface area contributed by atoms with E-state index in [2.05, 4.69) is 244 Å². The van der Waals surface area contributed by atoms with E-state index in [0.29, 0.717) is 6.67 Å². The Balaban J connectivity index is 1.00. The number of nitrogens with zero attached hydrogens (tertiary/aromatic N) is 4. The molecule has 11 aromatic rings. The molecule has 1 aliphatic heterocycles. The number of pyridine rings is 1. The molecule has 0 saturated carbocycles. The Morgan fingerprint density at radius 2 is 1.19 bits per heavy atom. The van der Waals surface area contributed by atoms with Gasteiger partial charge in [0.15, 0.2) is 5.58 Å². The summed E-state index contributed by atoms with van der Waals surface area (Å²) in [5.74, 6) is 2.33. The summed E-state index contributed by atoms with van der Waals surface area (Å²) >= 11 is 0. The smallest absolute Gasteiger partial charge is 0.161 e. The van der Waals surface area contributed by atoms with Gasteiger partial charge in [-0.05, 0) is 98.5 Å². The fourth-order valence-electron chi connectivity index (χ4n) is 10.1. The van der Waals surface area contributed by atoms with Gasteiger partial charge >= 0.3 is 0 Å². The normalized spacial score (nSPS) is 13.0. The van der Waals surface area contributed by atoms with Crippen LogP contribution in [0.4, 0.5) is 22.7 Å². The first-order chi connectivity index (χ1) is 33.0. The Morgan fingerprint density at radius 3 is 1.90 bits per heavy atom. The molecule has 0 unspecified atom stereocenters. The van der Waals surface area contributed by atoms with E-state index in [-0.39, 0.29) is 10.8 Å². The second-order valence-electron chi connectivity index (χ2n) is 20.1. The molecule has 0 N–H and O–H groups in total. The number of fused-ring (bicyclic) bond motifs is 8. The Morgan fingerprint density at radius 1 is 0.529 bits per heavy atom. The molecule has 0 aliphatic carbocycles. The summed E-state index contributed by atoms with van der Waals surface area (Å²) in [7, 11) is 0. The van der Waals surface area contributed by atoms with Crippen molar-refractivity contribution in [1.29, 1.82) is 0 Å². The van der Waals surface area contributed by atoms with Gasteiger partial charge in [-0.1, -0.05) is 163 Å². The summed E-state index contributed by atoms with van der Waals surface area (Å²) in [6.45, 7) is 14.1. The van der Waals surface area contributed by atoms with Crippen LogP contribution in [0.3, 0.4) is 0 Å². The van der Waals surface area contributed by atoms with Crippen LogP contribution in [0.15, 0.2) is 199 Å². The minimum atomic E-state index is -0.163. The molecule has 4 heterocycles. The summed E-state index contributed by atoms with van der Waals surface area (Å²) in [6.07, 6.45) is 1.92. The van der Waals surface area contributed by atoms with Crippen LogP contribution in [0, 0.1) is 0 Å². The van der Waals surface area contributed by atoms with Crippen molar-refractivity contribution in [2.75, 3.05) is 16.5 Å². The molecular weight excluding hydrogens is 833 g/mol. The number of ether oxygens (including phenoxy) is 1. The average molecular weight is 885 g/mol. The molecule has 6 heteroatoms. The predicted molar refractivity (Wildman–Crippen MR) is 283 cm³/mol. The highest BCUT2D eigenvalue weighted by Gasteiger charge is 2.32. The van der Waals surface area contributed by atoms with Gasteiger partial charge in [-0.3, -0.25) is 4.57 Å². The lowest BCUT2D eigenvalue weighted by molar-refractivity contribution is 0.479. The van der Waals surface area contributed by atoms with Gasteiger partial charge in [0.1, 0.15) is 35.1 Å².